The van der Waals surface area contributed by atoms with Crippen LogP contribution in [0.4, 0.5) is 0 Å². The van der Waals surface area contributed by atoms with Crippen molar-refractivity contribution >= 4 is 0 Å². The van der Waals surface area contributed by atoms with Gasteiger partial charge in [-0.2, -0.15) is 4.98 Å². The average Bonchev–Trinajstić information content (AvgIpc) is 3.10. The van der Waals surface area contributed by atoms with Gasteiger partial charge in [-0.05, 0) is 32.2 Å². The summed E-state index contributed by atoms with van der Waals surface area (Å²) in [7, 11) is 0. The van der Waals surface area contributed by atoms with Crippen LogP contribution >= 0.6 is 0 Å². The number of rotatable bonds is 9. The van der Waals surface area contributed by atoms with Gasteiger partial charge in [0.05, 0.1) is 6.61 Å². The molecular weight excluding hydrogens is 254 g/mol. The molecule has 0 spiro atoms. The molecule has 20 heavy (non-hydrogen) atoms. The third kappa shape index (κ3) is 4.56. The molecule has 2 rings (SSSR count). The molecule has 5 nitrogen and oxygen atoms in total. The number of hydrogen-bond donors (Lipinski definition) is 1. The molecule has 1 aromatic rings. The van der Waals surface area contributed by atoms with E-state index in [0.717, 1.165) is 43.6 Å². The van der Waals surface area contributed by atoms with Crippen molar-refractivity contribution in [3.05, 3.63) is 11.7 Å². The summed E-state index contributed by atoms with van der Waals surface area (Å²) < 4.78 is 10.7. The summed E-state index contributed by atoms with van der Waals surface area (Å²) in [5.74, 6) is 2.28. The van der Waals surface area contributed by atoms with E-state index in [9.17, 15) is 0 Å². The van der Waals surface area contributed by atoms with Gasteiger partial charge in [0, 0.05) is 25.5 Å². The van der Waals surface area contributed by atoms with E-state index in [4.69, 9.17) is 9.26 Å². The molecule has 1 saturated carbocycles. The molecule has 1 N–H and O–H groups in total. The molecule has 1 aliphatic rings. The molecule has 0 amide bonds. The Labute approximate surface area is 121 Å². The van der Waals surface area contributed by atoms with Crippen LogP contribution in [0.25, 0.3) is 0 Å². The Balaban J connectivity index is 1.86. The van der Waals surface area contributed by atoms with E-state index in [1.807, 2.05) is 6.92 Å². The Hall–Kier alpha value is -0.940. The van der Waals surface area contributed by atoms with Gasteiger partial charge >= 0.3 is 0 Å². The van der Waals surface area contributed by atoms with Crippen molar-refractivity contribution in [1.29, 1.82) is 0 Å². The average molecular weight is 281 g/mol. The quantitative estimate of drug-likeness (QED) is 0.704. The molecule has 1 heterocycles. The van der Waals surface area contributed by atoms with Crippen LogP contribution in [0.1, 0.15) is 51.2 Å². The molecule has 0 bridgehead atoms. The van der Waals surface area contributed by atoms with Gasteiger partial charge < -0.3 is 14.6 Å². The number of nitrogens with one attached hydrogen (secondary N) is 1. The molecule has 1 atom stereocenters. The third-order valence-corrected chi connectivity index (χ3v) is 4.01. The lowest BCUT2D eigenvalue weighted by atomic mass is 9.95. The second-order valence-corrected chi connectivity index (χ2v) is 5.46. The zero-order chi connectivity index (χ0) is 14.2. The fourth-order valence-electron chi connectivity index (χ4n) is 3.00. The lowest BCUT2D eigenvalue weighted by Gasteiger charge is -2.22. The van der Waals surface area contributed by atoms with Crippen LogP contribution < -0.4 is 5.32 Å². The van der Waals surface area contributed by atoms with Crippen molar-refractivity contribution in [2.24, 2.45) is 5.92 Å². The Morgan fingerprint density at radius 2 is 2.15 bits per heavy atom. The largest absolute Gasteiger partial charge is 0.381 e. The molecule has 1 aromatic heterocycles. The fraction of sp³-hybridized carbons (Fsp3) is 0.867. The minimum atomic E-state index is 0.475. The van der Waals surface area contributed by atoms with E-state index in [0.29, 0.717) is 12.6 Å². The van der Waals surface area contributed by atoms with Crippen molar-refractivity contribution < 1.29 is 9.26 Å². The van der Waals surface area contributed by atoms with Gasteiger partial charge in [0.15, 0.2) is 5.82 Å². The van der Waals surface area contributed by atoms with Crippen LogP contribution in [0.3, 0.4) is 0 Å². The molecule has 1 aliphatic carbocycles. The summed E-state index contributed by atoms with van der Waals surface area (Å²) in [6.07, 6.45) is 6.94. The SMILES string of the molecule is CCNC(Cc1nc(CCOCC)no1)C1CCCC1. The van der Waals surface area contributed by atoms with Gasteiger partial charge in [0.2, 0.25) is 5.89 Å². The molecule has 0 saturated heterocycles. The van der Waals surface area contributed by atoms with E-state index < -0.39 is 0 Å². The van der Waals surface area contributed by atoms with Crippen molar-refractivity contribution in [3.63, 3.8) is 0 Å². The van der Waals surface area contributed by atoms with Gasteiger partial charge in [-0.25, -0.2) is 0 Å². The predicted molar refractivity (Wildman–Crippen MR) is 77.6 cm³/mol. The minimum absolute atomic E-state index is 0.475. The zero-order valence-electron chi connectivity index (χ0n) is 12.7. The molecule has 114 valence electrons. The molecule has 5 heteroatoms. The number of aromatic nitrogens is 2. The highest BCUT2D eigenvalue weighted by Crippen LogP contribution is 2.29. The van der Waals surface area contributed by atoms with Crippen LogP contribution in [0, 0.1) is 5.92 Å². The van der Waals surface area contributed by atoms with Crippen LogP contribution in [-0.4, -0.2) is 35.9 Å². The third-order valence-electron chi connectivity index (χ3n) is 4.01. The second kappa shape index (κ2) is 8.37. The lowest BCUT2D eigenvalue weighted by molar-refractivity contribution is 0.149. The van der Waals surface area contributed by atoms with Gasteiger partial charge in [-0.3, -0.25) is 0 Å². The summed E-state index contributed by atoms with van der Waals surface area (Å²) in [6.45, 7) is 6.53. The molecule has 0 radical (unpaired) electrons. The maximum Gasteiger partial charge on any atom is 0.228 e. The first-order valence-corrected chi connectivity index (χ1v) is 7.96. The maximum absolute atomic E-state index is 5.38. The zero-order valence-corrected chi connectivity index (χ0v) is 12.7. The van der Waals surface area contributed by atoms with E-state index in [1.165, 1.54) is 25.7 Å². The second-order valence-electron chi connectivity index (χ2n) is 5.46. The summed E-state index contributed by atoms with van der Waals surface area (Å²) >= 11 is 0. The van der Waals surface area contributed by atoms with Crippen LogP contribution in [0.15, 0.2) is 4.52 Å². The topological polar surface area (TPSA) is 60.2 Å². The Kier molecular flexibility index (Phi) is 6.47. The number of nitrogens with zero attached hydrogens (tertiary/aromatic N) is 2. The van der Waals surface area contributed by atoms with Crippen LogP contribution in [0.5, 0.6) is 0 Å². The number of likely N-dealkylation sites (N-methyl/N-ethyl adjacent to an activating group) is 1. The van der Waals surface area contributed by atoms with Gasteiger partial charge in [-0.1, -0.05) is 24.9 Å². The molecular formula is C15H27N3O2. The highest BCUT2D eigenvalue weighted by molar-refractivity contribution is 4.92. The molecule has 1 fully saturated rings. The first-order chi connectivity index (χ1) is 9.83. The van der Waals surface area contributed by atoms with E-state index in [1.54, 1.807) is 0 Å². The fourth-order valence-corrected chi connectivity index (χ4v) is 3.00. The summed E-state index contributed by atoms with van der Waals surface area (Å²) in [5, 5.41) is 7.62. The molecule has 0 aromatic carbocycles. The monoisotopic (exact) mass is 281 g/mol. The Morgan fingerprint density at radius 1 is 1.35 bits per heavy atom. The first-order valence-electron chi connectivity index (χ1n) is 7.96. The Bertz CT molecular complexity index is 375. The van der Waals surface area contributed by atoms with Crippen LogP contribution in [-0.2, 0) is 17.6 Å². The number of hydrogen-bond acceptors (Lipinski definition) is 5. The van der Waals surface area contributed by atoms with E-state index >= 15 is 0 Å². The predicted octanol–water partition coefficient (Wildman–Crippen LogP) is 2.36. The van der Waals surface area contributed by atoms with E-state index in [2.05, 4.69) is 22.4 Å². The highest BCUT2D eigenvalue weighted by Gasteiger charge is 2.26. The van der Waals surface area contributed by atoms with Gasteiger partial charge in [-0.15, -0.1) is 0 Å². The van der Waals surface area contributed by atoms with Gasteiger partial charge in [0.25, 0.3) is 0 Å². The standard InChI is InChI=1S/C15H27N3O2/c1-3-16-13(12-7-5-6-8-12)11-15-17-14(18-20-15)9-10-19-4-2/h12-13,16H,3-11H2,1-2H3. The molecule has 0 aliphatic heterocycles. The Morgan fingerprint density at radius 3 is 2.85 bits per heavy atom. The summed E-state index contributed by atoms with van der Waals surface area (Å²) in [5.41, 5.74) is 0. The van der Waals surface area contributed by atoms with Crippen molar-refractivity contribution in [3.8, 4) is 0 Å². The van der Waals surface area contributed by atoms with Gasteiger partial charge in [0.1, 0.15) is 0 Å². The van der Waals surface area contributed by atoms with Crippen molar-refractivity contribution in [1.82, 2.24) is 15.5 Å². The normalized spacial score (nSPS) is 17.7. The van der Waals surface area contributed by atoms with Crippen molar-refractivity contribution in [2.45, 2.75) is 58.4 Å². The summed E-state index contributed by atoms with van der Waals surface area (Å²) in [6, 6.07) is 0.475. The van der Waals surface area contributed by atoms with Crippen molar-refractivity contribution in [2.75, 3.05) is 19.8 Å². The molecule has 1 unspecified atom stereocenters. The smallest absolute Gasteiger partial charge is 0.228 e. The number of ether oxygens (including phenoxy) is 1. The van der Waals surface area contributed by atoms with Crippen LogP contribution in [0.2, 0.25) is 0 Å². The maximum atomic E-state index is 5.38. The van der Waals surface area contributed by atoms with E-state index in [-0.39, 0.29) is 0 Å². The first kappa shape index (κ1) is 15.4. The minimum Gasteiger partial charge on any atom is -0.381 e. The highest BCUT2D eigenvalue weighted by atomic mass is 16.5. The summed E-state index contributed by atoms with van der Waals surface area (Å²) in [4.78, 5) is 4.48. The lowest BCUT2D eigenvalue weighted by Crippen LogP contribution is -2.37.